The smallest absolute Gasteiger partial charge is 0.127 e. The highest BCUT2D eigenvalue weighted by molar-refractivity contribution is 5.34. The van der Waals surface area contributed by atoms with E-state index >= 15 is 0 Å². The number of benzene rings is 1. The highest BCUT2D eigenvalue weighted by Crippen LogP contribution is 2.19. The molecule has 0 spiro atoms. The van der Waals surface area contributed by atoms with Crippen molar-refractivity contribution in [3.8, 4) is 0 Å². The van der Waals surface area contributed by atoms with Gasteiger partial charge in [-0.05, 0) is 42.6 Å². The molecule has 1 heterocycles. The average molecular weight is 165 g/mol. The monoisotopic (exact) mass is 165 g/mol. The number of halogens is 1. The van der Waals surface area contributed by atoms with Gasteiger partial charge in [0, 0.05) is 6.54 Å². The summed E-state index contributed by atoms with van der Waals surface area (Å²) in [6.07, 6.45) is 0.821. The van der Waals surface area contributed by atoms with Gasteiger partial charge >= 0.3 is 0 Å². The van der Waals surface area contributed by atoms with Crippen LogP contribution in [0.2, 0.25) is 0 Å². The molecular weight excluding hydrogens is 153 g/mol. The van der Waals surface area contributed by atoms with Crippen molar-refractivity contribution in [1.82, 2.24) is 5.32 Å². The van der Waals surface area contributed by atoms with Gasteiger partial charge in [0.05, 0.1) is 0 Å². The van der Waals surface area contributed by atoms with Crippen LogP contribution >= 0.6 is 0 Å². The summed E-state index contributed by atoms with van der Waals surface area (Å²) in [6.45, 7) is 3.64. The first-order valence-electron chi connectivity index (χ1n) is 4.26. The maximum Gasteiger partial charge on any atom is 0.127 e. The van der Waals surface area contributed by atoms with Crippen molar-refractivity contribution < 1.29 is 4.39 Å². The minimum Gasteiger partial charge on any atom is -0.312 e. The van der Waals surface area contributed by atoms with E-state index in [9.17, 15) is 4.39 Å². The third-order valence-electron chi connectivity index (χ3n) is 2.30. The number of nitrogens with one attached hydrogen (secondary N) is 1. The fourth-order valence-corrected chi connectivity index (χ4v) is 1.72. The van der Waals surface area contributed by atoms with Crippen LogP contribution in [0.25, 0.3) is 0 Å². The summed E-state index contributed by atoms with van der Waals surface area (Å²) in [5.74, 6) is -0.0356. The lowest BCUT2D eigenvalue weighted by Gasteiger charge is -2.17. The topological polar surface area (TPSA) is 12.0 Å². The predicted octanol–water partition coefficient (Wildman–Crippen LogP) is 1.78. The molecular formula is C10H12FN. The van der Waals surface area contributed by atoms with E-state index in [-0.39, 0.29) is 5.82 Å². The fraction of sp³-hybridized carbons (Fsp3) is 0.400. The predicted molar refractivity (Wildman–Crippen MR) is 46.5 cm³/mol. The Bertz CT molecular complexity index is 307. The molecule has 0 aliphatic carbocycles. The summed E-state index contributed by atoms with van der Waals surface area (Å²) >= 11 is 0. The van der Waals surface area contributed by atoms with Gasteiger partial charge in [0.2, 0.25) is 0 Å². The molecule has 0 saturated carbocycles. The molecule has 1 aliphatic heterocycles. The zero-order valence-electron chi connectivity index (χ0n) is 7.15. The molecule has 64 valence electrons. The summed E-state index contributed by atoms with van der Waals surface area (Å²) < 4.78 is 13.3. The summed E-state index contributed by atoms with van der Waals surface area (Å²) in [5.41, 5.74) is 3.04. The summed E-state index contributed by atoms with van der Waals surface area (Å²) in [5, 5.41) is 3.23. The van der Waals surface area contributed by atoms with E-state index in [2.05, 4.69) is 11.4 Å². The van der Waals surface area contributed by atoms with Gasteiger partial charge in [0.15, 0.2) is 0 Å². The highest BCUT2D eigenvalue weighted by Gasteiger charge is 2.12. The molecule has 2 rings (SSSR count). The van der Waals surface area contributed by atoms with Crippen molar-refractivity contribution in [3.05, 3.63) is 34.6 Å². The van der Waals surface area contributed by atoms with Crippen LogP contribution in [0, 0.1) is 12.7 Å². The minimum absolute atomic E-state index is 0.0356. The molecule has 0 bridgehead atoms. The third-order valence-corrected chi connectivity index (χ3v) is 2.30. The first-order valence-corrected chi connectivity index (χ1v) is 4.26. The van der Waals surface area contributed by atoms with Crippen LogP contribution in [0.15, 0.2) is 12.1 Å². The maximum atomic E-state index is 13.3. The van der Waals surface area contributed by atoms with Gasteiger partial charge in [-0.2, -0.15) is 0 Å². The maximum absolute atomic E-state index is 13.3. The Morgan fingerprint density at radius 2 is 2.25 bits per heavy atom. The standard InChI is InChI=1S/C10H12FN/c1-7-4-8-6-12-3-2-9(8)10(11)5-7/h4-5,12H,2-3,6H2,1H3. The van der Waals surface area contributed by atoms with Crippen LogP contribution in [-0.2, 0) is 13.0 Å². The molecule has 0 radical (unpaired) electrons. The van der Waals surface area contributed by atoms with Gasteiger partial charge in [-0.3, -0.25) is 0 Å². The van der Waals surface area contributed by atoms with E-state index in [0.29, 0.717) is 0 Å². The Kier molecular flexibility index (Phi) is 1.85. The lowest BCUT2D eigenvalue weighted by atomic mass is 9.98. The van der Waals surface area contributed by atoms with E-state index in [0.717, 1.165) is 36.2 Å². The van der Waals surface area contributed by atoms with E-state index < -0.39 is 0 Å². The number of fused-ring (bicyclic) bond motifs is 1. The fourth-order valence-electron chi connectivity index (χ4n) is 1.72. The van der Waals surface area contributed by atoms with Crippen LogP contribution in [0.5, 0.6) is 0 Å². The molecule has 12 heavy (non-hydrogen) atoms. The van der Waals surface area contributed by atoms with Gasteiger partial charge in [-0.1, -0.05) is 6.07 Å². The summed E-state index contributed by atoms with van der Waals surface area (Å²) in [4.78, 5) is 0. The SMILES string of the molecule is Cc1cc(F)c2c(c1)CNCC2. The highest BCUT2D eigenvalue weighted by atomic mass is 19.1. The second kappa shape index (κ2) is 2.87. The van der Waals surface area contributed by atoms with Crippen molar-refractivity contribution in [2.24, 2.45) is 0 Å². The zero-order chi connectivity index (χ0) is 8.55. The number of hydrogen-bond acceptors (Lipinski definition) is 1. The molecule has 0 amide bonds. The van der Waals surface area contributed by atoms with Crippen LogP contribution in [0.4, 0.5) is 4.39 Å². The zero-order valence-corrected chi connectivity index (χ0v) is 7.15. The lowest BCUT2D eigenvalue weighted by Crippen LogP contribution is -2.24. The Hall–Kier alpha value is -0.890. The quantitative estimate of drug-likeness (QED) is 0.618. The van der Waals surface area contributed by atoms with Gasteiger partial charge in [-0.15, -0.1) is 0 Å². The molecule has 2 heteroatoms. The largest absolute Gasteiger partial charge is 0.312 e. The molecule has 0 atom stereocenters. The number of hydrogen-bond donors (Lipinski definition) is 1. The van der Waals surface area contributed by atoms with Crippen LogP contribution in [0.1, 0.15) is 16.7 Å². The molecule has 1 aromatic rings. The lowest BCUT2D eigenvalue weighted by molar-refractivity contribution is 0.568. The van der Waals surface area contributed by atoms with Gasteiger partial charge < -0.3 is 5.32 Å². The Morgan fingerprint density at radius 3 is 3.08 bits per heavy atom. The average Bonchev–Trinajstić information content (AvgIpc) is 2.04. The van der Waals surface area contributed by atoms with E-state index in [4.69, 9.17) is 0 Å². The second-order valence-electron chi connectivity index (χ2n) is 3.31. The molecule has 0 fully saturated rings. The van der Waals surface area contributed by atoms with Gasteiger partial charge in [0.1, 0.15) is 5.82 Å². The van der Waals surface area contributed by atoms with Gasteiger partial charge in [-0.25, -0.2) is 4.39 Å². The minimum atomic E-state index is -0.0356. The molecule has 1 aromatic carbocycles. The van der Waals surface area contributed by atoms with Crippen molar-refractivity contribution in [1.29, 1.82) is 0 Å². The molecule has 0 aromatic heterocycles. The van der Waals surface area contributed by atoms with Crippen molar-refractivity contribution in [2.45, 2.75) is 19.9 Å². The van der Waals surface area contributed by atoms with E-state index in [1.54, 1.807) is 6.07 Å². The Labute approximate surface area is 71.6 Å². The molecule has 0 saturated heterocycles. The Morgan fingerprint density at radius 1 is 1.42 bits per heavy atom. The van der Waals surface area contributed by atoms with Gasteiger partial charge in [0.25, 0.3) is 0 Å². The van der Waals surface area contributed by atoms with Crippen molar-refractivity contribution >= 4 is 0 Å². The van der Waals surface area contributed by atoms with Crippen LogP contribution in [-0.4, -0.2) is 6.54 Å². The van der Waals surface area contributed by atoms with E-state index in [1.807, 2.05) is 6.92 Å². The Balaban J connectivity index is 2.53. The van der Waals surface area contributed by atoms with Crippen LogP contribution < -0.4 is 5.32 Å². The van der Waals surface area contributed by atoms with Crippen molar-refractivity contribution in [3.63, 3.8) is 0 Å². The normalized spacial score (nSPS) is 15.8. The first kappa shape index (κ1) is 7.74. The van der Waals surface area contributed by atoms with Crippen molar-refractivity contribution in [2.75, 3.05) is 6.54 Å². The molecule has 1 nitrogen and oxygen atoms in total. The molecule has 0 unspecified atom stereocenters. The van der Waals surface area contributed by atoms with Crippen LogP contribution in [0.3, 0.4) is 0 Å². The molecule has 1 N–H and O–H groups in total. The third kappa shape index (κ3) is 1.23. The second-order valence-corrected chi connectivity index (χ2v) is 3.31. The summed E-state index contributed by atoms with van der Waals surface area (Å²) in [6, 6.07) is 3.68. The first-order chi connectivity index (χ1) is 5.77. The molecule has 1 aliphatic rings. The van der Waals surface area contributed by atoms with E-state index in [1.165, 1.54) is 0 Å². The summed E-state index contributed by atoms with van der Waals surface area (Å²) in [7, 11) is 0. The number of rotatable bonds is 0. The number of aryl methyl sites for hydroxylation is 1.